The molecule has 1 saturated carbocycles. The minimum Gasteiger partial charge on any atom is -0.323 e. The zero-order valence-corrected chi connectivity index (χ0v) is 21.2. The molecule has 0 aromatic heterocycles. The van der Waals surface area contributed by atoms with E-state index in [9.17, 15) is 9.59 Å². The molecule has 3 aromatic rings. The highest BCUT2D eigenvalue weighted by atomic mass is 35.5. The van der Waals surface area contributed by atoms with Crippen LogP contribution < -0.4 is 10.2 Å². The normalized spacial score (nSPS) is 18.3. The molecule has 1 fully saturated rings. The summed E-state index contributed by atoms with van der Waals surface area (Å²) in [4.78, 5) is 27.2. The van der Waals surface area contributed by atoms with Crippen LogP contribution in [0.2, 0.25) is 15.1 Å². The fourth-order valence-corrected chi connectivity index (χ4v) is 5.22. The van der Waals surface area contributed by atoms with E-state index < -0.39 is 33.8 Å². The first-order chi connectivity index (χ1) is 16.0. The van der Waals surface area contributed by atoms with Crippen molar-refractivity contribution in [3.8, 4) is 0 Å². The van der Waals surface area contributed by atoms with Gasteiger partial charge in [0, 0.05) is 18.7 Å². The van der Waals surface area contributed by atoms with E-state index in [1.807, 2.05) is 6.07 Å². The van der Waals surface area contributed by atoms with Crippen LogP contribution in [-0.2, 0) is 4.79 Å². The van der Waals surface area contributed by atoms with E-state index in [1.165, 1.54) is 42.3 Å². The monoisotopic (exact) mass is 558 g/mol. The van der Waals surface area contributed by atoms with Gasteiger partial charge in [0.1, 0.15) is 4.33 Å². The Balaban J connectivity index is 1.56. The SMILES string of the molecule is CN(C(=O)c1cccc(NC(=O)[C@@H]2[C@@H](c3cc(Cl)c(Cl)c(Cl)c3)C2(Cl)Cl)c1F)c1ccccc1. The first-order valence-electron chi connectivity index (χ1n) is 9.98. The molecule has 0 unspecified atom stereocenters. The van der Waals surface area contributed by atoms with E-state index in [4.69, 9.17) is 58.0 Å². The highest BCUT2D eigenvalue weighted by Crippen LogP contribution is 2.65. The van der Waals surface area contributed by atoms with E-state index in [2.05, 4.69) is 5.32 Å². The van der Waals surface area contributed by atoms with Gasteiger partial charge in [0.05, 0.1) is 32.2 Å². The van der Waals surface area contributed by atoms with Crippen LogP contribution in [-0.4, -0.2) is 23.2 Å². The second-order valence-corrected chi connectivity index (χ2v) is 10.4. The summed E-state index contributed by atoms with van der Waals surface area (Å²) in [6, 6.07) is 16.0. The molecule has 0 spiro atoms. The molecule has 10 heteroatoms. The molecule has 0 bridgehead atoms. The first-order valence-corrected chi connectivity index (χ1v) is 11.9. The molecule has 3 aromatic carbocycles. The average molecular weight is 561 g/mol. The fraction of sp³-hybridized carbons (Fsp3) is 0.167. The van der Waals surface area contributed by atoms with Gasteiger partial charge in [-0.1, -0.05) is 59.1 Å². The van der Waals surface area contributed by atoms with Gasteiger partial charge in [0.15, 0.2) is 5.82 Å². The van der Waals surface area contributed by atoms with Crippen molar-refractivity contribution < 1.29 is 14.0 Å². The zero-order valence-electron chi connectivity index (χ0n) is 17.5. The molecule has 1 aliphatic carbocycles. The second-order valence-electron chi connectivity index (χ2n) is 7.78. The van der Waals surface area contributed by atoms with E-state index in [-0.39, 0.29) is 26.3 Å². The Kier molecular flexibility index (Phi) is 7.05. The van der Waals surface area contributed by atoms with Crippen molar-refractivity contribution in [2.45, 2.75) is 10.3 Å². The molecule has 2 amide bonds. The number of carbonyl (C=O) groups excluding carboxylic acids is 2. The molecule has 4 rings (SSSR count). The Morgan fingerprint density at radius 1 is 0.971 bits per heavy atom. The standard InChI is InChI=1S/C24H16Cl5FN2O2/c1-32(13-6-3-2-4-7-13)23(34)14-8-5-9-17(21(14)30)31-22(33)19-18(24(19,28)29)12-10-15(25)20(27)16(26)11-12/h2-11,18-19H,1H3,(H,31,33)/t18-,19+/m1/s1. The van der Waals surface area contributed by atoms with Gasteiger partial charge in [-0.25, -0.2) is 4.39 Å². The summed E-state index contributed by atoms with van der Waals surface area (Å²) in [5, 5.41) is 3.06. The Morgan fingerprint density at radius 2 is 1.59 bits per heavy atom. The van der Waals surface area contributed by atoms with Gasteiger partial charge in [-0.05, 0) is 42.0 Å². The molecular formula is C24H16Cl5FN2O2. The quantitative estimate of drug-likeness (QED) is 0.258. The molecule has 1 N–H and O–H groups in total. The molecular weight excluding hydrogens is 545 g/mol. The lowest BCUT2D eigenvalue weighted by Crippen LogP contribution is -2.27. The number of benzene rings is 3. The molecule has 0 heterocycles. The van der Waals surface area contributed by atoms with Gasteiger partial charge < -0.3 is 10.2 Å². The smallest absolute Gasteiger partial charge is 0.261 e. The van der Waals surface area contributed by atoms with Crippen LogP contribution in [0.4, 0.5) is 15.8 Å². The number of nitrogens with zero attached hydrogens (tertiary/aromatic N) is 1. The van der Waals surface area contributed by atoms with E-state index in [1.54, 1.807) is 24.3 Å². The van der Waals surface area contributed by atoms with E-state index in [0.717, 1.165) is 0 Å². The first kappa shape index (κ1) is 25.1. The van der Waals surface area contributed by atoms with Gasteiger partial charge in [-0.2, -0.15) is 0 Å². The molecule has 34 heavy (non-hydrogen) atoms. The lowest BCUT2D eigenvalue weighted by Gasteiger charge is -2.18. The predicted octanol–water partition coefficient (Wildman–Crippen LogP) is 7.59. The average Bonchev–Trinajstić information content (AvgIpc) is 3.40. The summed E-state index contributed by atoms with van der Waals surface area (Å²) in [5.41, 5.74) is 0.755. The maximum absolute atomic E-state index is 15.2. The summed E-state index contributed by atoms with van der Waals surface area (Å²) in [6.07, 6.45) is 0. The molecule has 0 aliphatic heterocycles. The van der Waals surface area contributed by atoms with Crippen LogP contribution >= 0.6 is 58.0 Å². The van der Waals surface area contributed by atoms with Crippen molar-refractivity contribution in [1.29, 1.82) is 0 Å². The van der Waals surface area contributed by atoms with Crippen LogP contribution in [0, 0.1) is 11.7 Å². The molecule has 0 saturated heterocycles. The van der Waals surface area contributed by atoms with E-state index >= 15 is 4.39 Å². The number of halogens is 6. The number of nitrogens with one attached hydrogen (secondary N) is 1. The Bertz CT molecular complexity index is 1260. The van der Waals surface area contributed by atoms with Gasteiger partial charge in [0.2, 0.25) is 5.91 Å². The maximum Gasteiger partial charge on any atom is 0.261 e. The van der Waals surface area contributed by atoms with Gasteiger partial charge in [-0.3, -0.25) is 9.59 Å². The number of alkyl halides is 2. The Hall–Kier alpha value is -2.02. The van der Waals surface area contributed by atoms with E-state index in [0.29, 0.717) is 11.3 Å². The predicted molar refractivity (Wildman–Crippen MR) is 136 cm³/mol. The summed E-state index contributed by atoms with van der Waals surface area (Å²) in [5.74, 6) is -3.60. The molecule has 2 atom stereocenters. The zero-order chi connectivity index (χ0) is 24.8. The lowest BCUT2D eigenvalue weighted by molar-refractivity contribution is -0.117. The highest BCUT2D eigenvalue weighted by Gasteiger charge is 2.67. The largest absolute Gasteiger partial charge is 0.323 e. The number of hydrogen-bond donors (Lipinski definition) is 1. The highest BCUT2D eigenvalue weighted by molar-refractivity contribution is 6.54. The fourth-order valence-electron chi connectivity index (χ4n) is 3.78. The summed E-state index contributed by atoms with van der Waals surface area (Å²) < 4.78 is 13.8. The number of anilines is 2. The third-order valence-corrected chi connectivity index (χ3v) is 7.77. The van der Waals surface area contributed by atoms with Crippen molar-refractivity contribution in [3.05, 3.63) is 92.7 Å². The number of rotatable bonds is 5. The summed E-state index contributed by atoms with van der Waals surface area (Å²) in [6.45, 7) is 0. The van der Waals surface area contributed by atoms with Crippen LogP contribution in [0.1, 0.15) is 21.8 Å². The number of amides is 2. The van der Waals surface area contributed by atoms with Crippen LogP contribution in [0.15, 0.2) is 60.7 Å². The summed E-state index contributed by atoms with van der Waals surface area (Å²) in [7, 11) is 1.54. The maximum atomic E-state index is 15.2. The topological polar surface area (TPSA) is 49.4 Å². The minimum atomic E-state index is -1.46. The van der Waals surface area contributed by atoms with Gasteiger partial charge in [-0.15, -0.1) is 23.2 Å². The Morgan fingerprint density at radius 3 is 2.21 bits per heavy atom. The lowest BCUT2D eigenvalue weighted by atomic mass is 10.1. The van der Waals surface area contributed by atoms with Crippen LogP contribution in [0.25, 0.3) is 0 Å². The number of hydrogen-bond acceptors (Lipinski definition) is 2. The molecule has 0 radical (unpaired) electrons. The third-order valence-electron chi connectivity index (χ3n) is 5.64. The molecule has 1 aliphatic rings. The number of para-hydroxylation sites is 1. The van der Waals surface area contributed by atoms with Gasteiger partial charge in [0.25, 0.3) is 5.91 Å². The Labute approximate surface area is 220 Å². The minimum absolute atomic E-state index is 0.167. The summed E-state index contributed by atoms with van der Waals surface area (Å²) >= 11 is 30.9. The van der Waals surface area contributed by atoms with Crippen molar-refractivity contribution in [2.24, 2.45) is 5.92 Å². The van der Waals surface area contributed by atoms with Crippen molar-refractivity contribution in [1.82, 2.24) is 0 Å². The van der Waals surface area contributed by atoms with Crippen molar-refractivity contribution in [3.63, 3.8) is 0 Å². The van der Waals surface area contributed by atoms with Crippen LogP contribution in [0.3, 0.4) is 0 Å². The van der Waals surface area contributed by atoms with Crippen LogP contribution in [0.5, 0.6) is 0 Å². The van der Waals surface area contributed by atoms with Gasteiger partial charge >= 0.3 is 0 Å². The number of carbonyl (C=O) groups is 2. The molecule has 176 valence electrons. The van der Waals surface area contributed by atoms with Crippen molar-refractivity contribution >= 4 is 81.2 Å². The third kappa shape index (κ3) is 4.60. The second kappa shape index (κ2) is 9.56. The molecule has 4 nitrogen and oxygen atoms in total. The van der Waals surface area contributed by atoms with Crippen molar-refractivity contribution in [2.75, 3.05) is 17.3 Å².